The highest BCUT2D eigenvalue weighted by atomic mass is 16.5. The molecule has 0 saturated carbocycles. The summed E-state index contributed by atoms with van der Waals surface area (Å²) in [4.78, 5) is 25.1. The topological polar surface area (TPSA) is 91.0 Å². The molecule has 31 heavy (non-hydrogen) atoms. The number of aryl methyl sites for hydroxylation is 2. The number of para-hydroxylation sites is 1. The van der Waals surface area contributed by atoms with Crippen LogP contribution < -0.4 is 5.32 Å². The number of aromatic nitrogens is 4. The number of ether oxygens (including phenoxy) is 1. The lowest BCUT2D eigenvalue weighted by atomic mass is 10.1. The van der Waals surface area contributed by atoms with E-state index in [9.17, 15) is 9.59 Å². The number of nitrogens with one attached hydrogen (secondary N) is 1. The molecule has 156 valence electrons. The highest BCUT2D eigenvalue weighted by molar-refractivity contribution is 5.98. The van der Waals surface area contributed by atoms with E-state index in [-0.39, 0.29) is 5.56 Å². The minimum atomic E-state index is -0.627. The molecule has 1 N–H and O–H groups in total. The van der Waals surface area contributed by atoms with Gasteiger partial charge in [-0.25, -0.2) is 9.48 Å². The van der Waals surface area contributed by atoms with Gasteiger partial charge in [0.15, 0.2) is 6.61 Å². The second-order valence-corrected chi connectivity index (χ2v) is 6.96. The number of hydrogen-bond acceptors (Lipinski definition) is 5. The number of anilines is 1. The summed E-state index contributed by atoms with van der Waals surface area (Å²) in [7, 11) is 1.72. The van der Waals surface area contributed by atoms with E-state index in [1.54, 1.807) is 28.7 Å². The number of benzene rings is 2. The van der Waals surface area contributed by atoms with Gasteiger partial charge < -0.3 is 10.1 Å². The van der Waals surface area contributed by atoms with Gasteiger partial charge in [-0.3, -0.25) is 9.48 Å². The molecule has 8 heteroatoms. The Morgan fingerprint density at radius 1 is 1.00 bits per heavy atom. The van der Waals surface area contributed by atoms with Gasteiger partial charge in [-0.15, -0.1) is 0 Å². The molecule has 0 spiro atoms. The number of esters is 1. The standard InChI is InChI=1S/C23H21N5O3/c1-16-13-20(27(2)25-16)24-21(29)15-31-23(30)19-14-28(18-11-7-4-8-12-18)26-22(19)17-9-5-3-6-10-17/h3-14H,15H2,1-2H3,(H,24,29). The Morgan fingerprint density at radius 3 is 2.32 bits per heavy atom. The van der Waals surface area contributed by atoms with Gasteiger partial charge >= 0.3 is 5.97 Å². The summed E-state index contributed by atoms with van der Waals surface area (Å²) in [6, 6.07) is 20.6. The van der Waals surface area contributed by atoms with Crippen molar-refractivity contribution in [3.8, 4) is 16.9 Å². The molecule has 1 amide bonds. The van der Waals surface area contributed by atoms with Crippen molar-refractivity contribution in [2.24, 2.45) is 7.05 Å². The molecule has 8 nitrogen and oxygen atoms in total. The maximum atomic E-state index is 12.8. The summed E-state index contributed by atoms with van der Waals surface area (Å²) in [5.74, 6) is -0.550. The largest absolute Gasteiger partial charge is 0.452 e. The van der Waals surface area contributed by atoms with Crippen LogP contribution in [-0.2, 0) is 16.6 Å². The highest BCUT2D eigenvalue weighted by Gasteiger charge is 2.21. The smallest absolute Gasteiger partial charge is 0.342 e. The van der Waals surface area contributed by atoms with Crippen molar-refractivity contribution in [3.63, 3.8) is 0 Å². The Labute approximate surface area is 179 Å². The van der Waals surface area contributed by atoms with E-state index in [2.05, 4.69) is 15.5 Å². The Hall–Kier alpha value is -4.20. The summed E-state index contributed by atoms with van der Waals surface area (Å²) in [5, 5.41) is 11.4. The van der Waals surface area contributed by atoms with Crippen LogP contribution in [0, 0.1) is 6.92 Å². The van der Waals surface area contributed by atoms with Gasteiger partial charge in [0.05, 0.1) is 11.4 Å². The molecular formula is C23H21N5O3. The number of rotatable bonds is 6. The van der Waals surface area contributed by atoms with Crippen LogP contribution >= 0.6 is 0 Å². The van der Waals surface area contributed by atoms with E-state index in [1.165, 1.54) is 0 Å². The Morgan fingerprint density at radius 2 is 1.68 bits per heavy atom. The van der Waals surface area contributed by atoms with Gasteiger partial charge in [0.2, 0.25) is 0 Å². The molecule has 0 aliphatic rings. The van der Waals surface area contributed by atoms with E-state index in [4.69, 9.17) is 4.74 Å². The third kappa shape index (κ3) is 4.53. The monoisotopic (exact) mass is 415 g/mol. The molecule has 0 unspecified atom stereocenters. The number of carbonyl (C=O) groups excluding carboxylic acids is 2. The quantitative estimate of drug-likeness (QED) is 0.488. The van der Waals surface area contributed by atoms with Crippen molar-refractivity contribution in [3.05, 3.63) is 84.2 Å². The summed E-state index contributed by atoms with van der Waals surface area (Å²) >= 11 is 0. The summed E-state index contributed by atoms with van der Waals surface area (Å²) in [6.07, 6.45) is 1.61. The average Bonchev–Trinajstić information content (AvgIpc) is 3.36. The molecule has 2 aromatic carbocycles. The van der Waals surface area contributed by atoms with Crippen molar-refractivity contribution in [2.45, 2.75) is 6.92 Å². The van der Waals surface area contributed by atoms with Gasteiger partial charge in [0.1, 0.15) is 17.1 Å². The highest BCUT2D eigenvalue weighted by Crippen LogP contribution is 2.24. The summed E-state index contributed by atoms with van der Waals surface area (Å²) in [6.45, 7) is 1.40. The Balaban J connectivity index is 1.54. The Kier molecular flexibility index (Phi) is 5.61. The van der Waals surface area contributed by atoms with Crippen LogP contribution in [0.3, 0.4) is 0 Å². The van der Waals surface area contributed by atoms with Crippen LogP contribution in [0.5, 0.6) is 0 Å². The third-order valence-corrected chi connectivity index (χ3v) is 4.61. The third-order valence-electron chi connectivity index (χ3n) is 4.61. The maximum absolute atomic E-state index is 12.8. The molecule has 0 saturated heterocycles. The zero-order valence-corrected chi connectivity index (χ0v) is 17.1. The van der Waals surface area contributed by atoms with Crippen LogP contribution in [0.25, 0.3) is 16.9 Å². The SMILES string of the molecule is Cc1cc(NC(=O)COC(=O)c2cn(-c3ccccc3)nc2-c2ccccc2)n(C)n1. The van der Waals surface area contributed by atoms with Crippen molar-refractivity contribution >= 4 is 17.7 Å². The summed E-state index contributed by atoms with van der Waals surface area (Å²) in [5.41, 5.74) is 3.12. The van der Waals surface area contributed by atoms with Gasteiger partial charge in [-0.1, -0.05) is 48.5 Å². The number of carbonyl (C=O) groups is 2. The van der Waals surface area contributed by atoms with E-state index in [0.29, 0.717) is 11.5 Å². The Bertz CT molecular complexity index is 1210. The fourth-order valence-corrected chi connectivity index (χ4v) is 3.16. The van der Waals surface area contributed by atoms with Gasteiger partial charge in [0, 0.05) is 24.9 Å². The van der Waals surface area contributed by atoms with Crippen LogP contribution in [0.4, 0.5) is 5.82 Å². The lowest BCUT2D eigenvalue weighted by Gasteiger charge is -2.06. The maximum Gasteiger partial charge on any atom is 0.342 e. The molecule has 0 radical (unpaired) electrons. The normalized spacial score (nSPS) is 10.6. The average molecular weight is 415 g/mol. The van der Waals surface area contributed by atoms with Crippen LogP contribution in [-0.4, -0.2) is 38.0 Å². The fraction of sp³-hybridized carbons (Fsp3) is 0.130. The lowest BCUT2D eigenvalue weighted by molar-refractivity contribution is -0.119. The van der Waals surface area contributed by atoms with E-state index in [1.807, 2.05) is 67.6 Å². The first-order valence-electron chi connectivity index (χ1n) is 9.69. The number of nitrogens with zero attached hydrogens (tertiary/aromatic N) is 4. The molecule has 0 fully saturated rings. The molecule has 0 atom stereocenters. The molecule has 0 bridgehead atoms. The minimum Gasteiger partial charge on any atom is -0.452 e. The van der Waals surface area contributed by atoms with E-state index >= 15 is 0 Å². The number of hydrogen-bond donors (Lipinski definition) is 1. The lowest BCUT2D eigenvalue weighted by Crippen LogP contribution is -2.22. The zero-order valence-electron chi connectivity index (χ0n) is 17.1. The molecule has 4 aromatic rings. The predicted octanol–water partition coefficient (Wildman–Crippen LogP) is 3.38. The molecule has 2 heterocycles. The minimum absolute atomic E-state index is 0.277. The molecular weight excluding hydrogens is 394 g/mol. The van der Waals surface area contributed by atoms with Gasteiger partial charge in [0.25, 0.3) is 5.91 Å². The van der Waals surface area contributed by atoms with Crippen LogP contribution in [0.15, 0.2) is 72.9 Å². The second-order valence-electron chi connectivity index (χ2n) is 6.96. The van der Waals surface area contributed by atoms with E-state index in [0.717, 1.165) is 16.9 Å². The van der Waals surface area contributed by atoms with Crippen LogP contribution in [0.1, 0.15) is 16.1 Å². The first kappa shape index (κ1) is 20.1. The van der Waals surface area contributed by atoms with Gasteiger partial charge in [-0.05, 0) is 19.1 Å². The van der Waals surface area contributed by atoms with Crippen LogP contribution in [0.2, 0.25) is 0 Å². The van der Waals surface area contributed by atoms with Crippen molar-refractivity contribution < 1.29 is 14.3 Å². The van der Waals surface area contributed by atoms with E-state index < -0.39 is 18.5 Å². The zero-order chi connectivity index (χ0) is 21.8. The molecule has 2 aromatic heterocycles. The number of amides is 1. The first-order chi connectivity index (χ1) is 15.0. The van der Waals surface area contributed by atoms with Gasteiger partial charge in [-0.2, -0.15) is 10.2 Å². The summed E-state index contributed by atoms with van der Waals surface area (Å²) < 4.78 is 8.46. The first-order valence-corrected chi connectivity index (χ1v) is 9.69. The van der Waals surface area contributed by atoms with Crippen molar-refractivity contribution in [1.29, 1.82) is 0 Å². The molecule has 4 rings (SSSR count). The fourth-order valence-electron chi connectivity index (χ4n) is 3.16. The predicted molar refractivity (Wildman–Crippen MR) is 116 cm³/mol. The molecule has 0 aliphatic heterocycles. The van der Waals surface area contributed by atoms with Crippen molar-refractivity contribution in [1.82, 2.24) is 19.6 Å². The second kappa shape index (κ2) is 8.66. The van der Waals surface area contributed by atoms with Crippen molar-refractivity contribution in [2.75, 3.05) is 11.9 Å². The molecule has 0 aliphatic carbocycles.